The SMILES string of the molecule is C.N#CC1(NC(=O)[C@@H]2C[C@@H](S(=O)(=O)c3ccc(Cl)cc3Cl)CN2c2ncccc2C(F)(F)F)CC1. The van der Waals surface area contributed by atoms with E-state index in [2.05, 4.69) is 10.3 Å². The van der Waals surface area contributed by atoms with Crippen molar-refractivity contribution >= 4 is 44.8 Å². The van der Waals surface area contributed by atoms with Crippen molar-refractivity contribution in [3.63, 3.8) is 0 Å². The Labute approximate surface area is 210 Å². The Morgan fingerprint density at radius 1 is 1.26 bits per heavy atom. The monoisotopic (exact) mass is 548 g/mol. The van der Waals surface area contributed by atoms with Gasteiger partial charge in [-0.2, -0.15) is 18.4 Å². The van der Waals surface area contributed by atoms with E-state index in [1.807, 2.05) is 6.07 Å². The zero-order valence-electron chi connectivity index (χ0n) is 17.3. The molecule has 35 heavy (non-hydrogen) atoms. The number of hydrogen-bond donors (Lipinski definition) is 1. The van der Waals surface area contributed by atoms with Gasteiger partial charge in [-0.15, -0.1) is 0 Å². The van der Waals surface area contributed by atoms with Crippen molar-refractivity contribution in [3.05, 3.63) is 52.1 Å². The summed E-state index contributed by atoms with van der Waals surface area (Å²) in [6.45, 7) is -0.432. The van der Waals surface area contributed by atoms with Crippen LogP contribution in [0.15, 0.2) is 41.4 Å². The molecule has 1 aliphatic heterocycles. The molecule has 1 aromatic carbocycles. The van der Waals surface area contributed by atoms with E-state index in [0.717, 1.165) is 23.2 Å². The van der Waals surface area contributed by atoms with Crippen LogP contribution < -0.4 is 10.2 Å². The molecule has 2 heterocycles. The second kappa shape index (κ2) is 9.48. The Morgan fingerprint density at radius 3 is 2.51 bits per heavy atom. The van der Waals surface area contributed by atoms with Gasteiger partial charge in [0.05, 0.1) is 26.8 Å². The molecule has 1 saturated heterocycles. The van der Waals surface area contributed by atoms with Crippen LogP contribution in [0, 0.1) is 11.3 Å². The van der Waals surface area contributed by atoms with Crippen LogP contribution in [-0.2, 0) is 20.8 Å². The summed E-state index contributed by atoms with van der Waals surface area (Å²) in [6, 6.07) is 6.40. The average Bonchev–Trinajstić information content (AvgIpc) is 3.38. The molecule has 188 valence electrons. The van der Waals surface area contributed by atoms with E-state index in [4.69, 9.17) is 23.2 Å². The predicted octanol–water partition coefficient (Wildman–Crippen LogP) is 4.64. The second-order valence-corrected chi connectivity index (χ2v) is 11.2. The molecule has 1 amide bonds. The van der Waals surface area contributed by atoms with Crippen LogP contribution >= 0.6 is 23.2 Å². The van der Waals surface area contributed by atoms with E-state index in [1.165, 1.54) is 18.2 Å². The first-order valence-corrected chi connectivity index (χ1v) is 12.4. The smallest absolute Gasteiger partial charge is 0.343 e. The Hall–Kier alpha value is -2.55. The highest BCUT2D eigenvalue weighted by Gasteiger charge is 2.51. The van der Waals surface area contributed by atoms with Crippen LogP contribution in [0.4, 0.5) is 19.0 Å². The van der Waals surface area contributed by atoms with Crippen LogP contribution in [0.5, 0.6) is 0 Å². The number of aromatic nitrogens is 1. The molecule has 1 aliphatic carbocycles. The fourth-order valence-electron chi connectivity index (χ4n) is 3.95. The summed E-state index contributed by atoms with van der Waals surface area (Å²) in [5.41, 5.74) is -2.19. The number of nitrogens with one attached hydrogen (secondary N) is 1. The van der Waals surface area contributed by atoms with Gasteiger partial charge < -0.3 is 10.2 Å². The van der Waals surface area contributed by atoms with Crippen LogP contribution in [0.25, 0.3) is 0 Å². The maximum Gasteiger partial charge on any atom is 0.419 e. The van der Waals surface area contributed by atoms with Crippen LogP contribution in [0.3, 0.4) is 0 Å². The van der Waals surface area contributed by atoms with Gasteiger partial charge in [0.2, 0.25) is 5.91 Å². The molecule has 0 radical (unpaired) electrons. The predicted molar refractivity (Wildman–Crippen MR) is 125 cm³/mol. The number of amides is 1. The van der Waals surface area contributed by atoms with Crippen molar-refractivity contribution < 1.29 is 26.4 Å². The third kappa shape index (κ3) is 5.20. The van der Waals surface area contributed by atoms with Crippen molar-refractivity contribution in [1.29, 1.82) is 5.26 Å². The van der Waals surface area contributed by atoms with Gasteiger partial charge in [0.25, 0.3) is 0 Å². The molecule has 2 aliphatic rings. The number of benzene rings is 1. The van der Waals surface area contributed by atoms with E-state index >= 15 is 0 Å². The largest absolute Gasteiger partial charge is 0.419 e. The van der Waals surface area contributed by atoms with Gasteiger partial charge in [0.1, 0.15) is 17.4 Å². The lowest BCUT2D eigenvalue weighted by Crippen LogP contribution is -2.48. The van der Waals surface area contributed by atoms with Crippen molar-refractivity contribution in [2.75, 3.05) is 11.4 Å². The third-order valence-corrected chi connectivity index (χ3v) is 8.74. The van der Waals surface area contributed by atoms with Crippen LogP contribution in [-0.4, -0.2) is 42.7 Å². The molecule has 1 aromatic heterocycles. The van der Waals surface area contributed by atoms with E-state index in [1.54, 1.807) is 0 Å². The number of carbonyl (C=O) groups is 1. The summed E-state index contributed by atoms with van der Waals surface area (Å²) in [5.74, 6) is -1.30. The molecular formula is C22H21Cl2F3N4O3S. The fraction of sp³-hybridized carbons (Fsp3) is 0.409. The Bertz CT molecular complexity index is 1290. The van der Waals surface area contributed by atoms with Gasteiger partial charge in [-0.25, -0.2) is 13.4 Å². The molecule has 2 atom stereocenters. The number of carbonyl (C=O) groups excluding carboxylic acids is 1. The number of anilines is 1. The average molecular weight is 549 g/mol. The molecule has 1 saturated carbocycles. The maximum atomic E-state index is 13.7. The quantitative estimate of drug-likeness (QED) is 0.583. The van der Waals surface area contributed by atoms with Crippen molar-refractivity contribution in [1.82, 2.24) is 10.3 Å². The number of hydrogen-bond acceptors (Lipinski definition) is 6. The molecule has 0 unspecified atom stereocenters. The number of sulfone groups is 1. The first kappa shape index (κ1) is 27.0. The van der Waals surface area contributed by atoms with E-state index in [-0.39, 0.29) is 28.8 Å². The van der Waals surface area contributed by atoms with Crippen LogP contribution in [0.1, 0.15) is 32.3 Å². The summed E-state index contributed by atoms with van der Waals surface area (Å²) >= 11 is 11.9. The van der Waals surface area contributed by atoms with Gasteiger partial charge in [0.15, 0.2) is 9.84 Å². The number of rotatable bonds is 5. The Morgan fingerprint density at radius 2 is 1.94 bits per heavy atom. The van der Waals surface area contributed by atoms with E-state index in [9.17, 15) is 31.6 Å². The summed E-state index contributed by atoms with van der Waals surface area (Å²) in [6.07, 6.45) is -3.16. The second-order valence-electron chi connectivity index (χ2n) is 8.20. The minimum absolute atomic E-state index is 0. The molecule has 0 spiro atoms. The summed E-state index contributed by atoms with van der Waals surface area (Å²) < 4.78 is 67.8. The van der Waals surface area contributed by atoms with E-state index < -0.39 is 56.7 Å². The van der Waals surface area contributed by atoms with Crippen molar-refractivity contribution in [2.45, 2.75) is 54.6 Å². The first-order valence-electron chi connectivity index (χ1n) is 10.1. The topological polar surface area (TPSA) is 103 Å². The Kier molecular flexibility index (Phi) is 7.33. The molecule has 2 aromatic rings. The molecular weight excluding hydrogens is 528 g/mol. The van der Waals surface area contributed by atoms with Crippen molar-refractivity contribution in [3.8, 4) is 6.07 Å². The minimum Gasteiger partial charge on any atom is -0.343 e. The number of nitrogens with zero attached hydrogens (tertiary/aromatic N) is 3. The van der Waals surface area contributed by atoms with Gasteiger partial charge >= 0.3 is 6.18 Å². The lowest BCUT2D eigenvalue weighted by atomic mass is 10.1. The number of nitriles is 1. The molecule has 1 N–H and O–H groups in total. The molecule has 0 bridgehead atoms. The number of alkyl halides is 3. The summed E-state index contributed by atoms with van der Waals surface area (Å²) in [5, 5.41) is 10.7. The molecule has 2 fully saturated rings. The number of halogens is 5. The number of pyridine rings is 1. The maximum absolute atomic E-state index is 13.7. The zero-order chi connectivity index (χ0) is 24.9. The first-order chi connectivity index (χ1) is 15.9. The lowest BCUT2D eigenvalue weighted by molar-refractivity contribution is -0.137. The third-order valence-electron chi connectivity index (χ3n) is 5.90. The highest BCUT2D eigenvalue weighted by Crippen LogP contribution is 2.41. The van der Waals surface area contributed by atoms with Gasteiger partial charge in [0, 0.05) is 17.8 Å². The minimum atomic E-state index is -4.79. The normalized spacial score (nSPS) is 21.1. The lowest BCUT2D eigenvalue weighted by Gasteiger charge is -2.27. The fourth-order valence-corrected chi connectivity index (χ4v) is 6.42. The highest BCUT2D eigenvalue weighted by atomic mass is 35.5. The van der Waals surface area contributed by atoms with Gasteiger partial charge in [-0.1, -0.05) is 30.6 Å². The molecule has 13 heteroatoms. The summed E-state index contributed by atoms with van der Waals surface area (Å²) in [7, 11) is -4.16. The van der Waals surface area contributed by atoms with E-state index in [0.29, 0.717) is 12.8 Å². The summed E-state index contributed by atoms with van der Waals surface area (Å²) in [4.78, 5) is 17.7. The van der Waals surface area contributed by atoms with Gasteiger partial charge in [-0.05, 0) is 49.6 Å². The highest BCUT2D eigenvalue weighted by molar-refractivity contribution is 7.92. The molecule has 7 nitrogen and oxygen atoms in total. The Balaban J connectivity index is 0.00000342. The molecule has 4 rings (SSSR count). The zero-order valence-corrected chi connectivity index (χ0v) is 19.6. The van der Waals surface area contributed by atoms with Crippen LogP contribution in [0.2, 0.25) is 10.0 Å². The van der Waals surface area contributed by atoms with Crippen molar-refractivity contribution in [2.24, 2.45) is 0 Å². The van der Waals surface area contributed by atoms with Gasteiger partial charge in [-0.3, -0.25) is 4.79 Å². The standard InChI is InChI=1S/C21H17Cl2F3N4O3S.CH4/c22-12-3-4-17(15(23)8-12)34(32,33)13-9-16(19(31)29-20(11-27)5-6-20)30(10-13)18-14(21(24,25)26)2-1-7-28-18;/h1-4,7-8,13,16H,5-6,9-10H2,(H,29,31);1H4/t13-,16+;/m1./s1.